The Kier molecular flexibility index (Phi) is 4.97. The summed E-state index contributed by atoms with van der Waals surface area (Å²) >= 11 is 0. The van der Waals surface area contributed by atoms with Crippen molar-refractivity contribution < 1.29 is 27.5 Å². The molecule has 6 nitrogen and oxygen atoms in total. The molecule has 0 saturated heterocycles. The van der Waals surface area contributed by atoms with E-state index in [-0.39, 0.29) is 29.5 Å². The molecule has 0 aliphatic heterocycles. The normalized spacial score (nSPS) is 14.0. The van der Waals surface area contributed by atoms with E-state index >= 15 is 0 Å². The van der Waals surface area contributed by atoms with Gasteiger partial charge in [0.25, 0.3) is 0 Å². The summed E-state index contributed by atoms with van der Waals surface area (Å²) in [4.78, 5) is 28.2. The van der Waals surface area contributed by atoms with Gasteiger partial charge in [-0.1, -0.05) is 0 Å². The molecule has 1 saturated carbocycles. The summed E-state index contributed by atoms with van der Waals surface area (Å²) in [6.45, 7) is -0.189. The van der Waals surface area contributed by atoms with E-state index in [0.29, 0.717) is 17.0 Å². The molecule has 0 bridgehead atoms. The highest BCUT2D eigenvalue weighted by Crippen LogP contribution is 2.32. The van der Waals surface area contributed by atoms with E-state index in [1.54, 1.807) is 23.7 Å². The summed E-state index contributed by atoms with van der Waals surface area (Å²) in [6.07, 6.45) is -2.66. The maximum absolute atomic E-state index is 12.9. The highest BCUT2D eigenvalue weighted by molar-refractivity contribution is 5.95. The number of fused-ring (bicyclic) bond motifs is 1. The summed E-state index contributed by atoms with van der Waals surface area (Å²) in [5.74, 6) is -0.222. The monoisotopic (exact) mass is 417 g/mol. The third-order valence-corrected chi connectivity index (χ3v) is 4.97. The fraction of sp³-hybridized carbons (Fsp3) is 0.286. The molecule has 1 aliphatic carbocycles. The van der Waals surface area contributed by atoms with E-state index in [9.17, 15) is 22.8 Å². The minimum absolute atomic E-state index is 0.0270. The molecule has 156 valence electrons. The minimum Gasteiger partial charge on any atom is -0.454 e. The molecule has 1 fully saturated rings. The van der Waals surface area contributed by atoms with Crippen LogP contribution in [-0.4, -0.2) is 21.4 Å². The summed E-state index contributed by atoms with van der Waals surface area (Å²) in [5.41, 5.74) is 0.779. The van der Waals surface area contributed by atoms with Crippen LogP contribution in [0.1, 0.15) is 34.6 Å². The summed E-state index contributed by atoms with van der Waals surface area (Å²) < 4.78 is 45.5. The molecule has 4 rings (SSSR count). The number of rotatable bonds is 5. The fourth-order valence-corrected chi connectivity index (χ4v) is 3.05. The number of amides is 1. The number of nitrogens with zero attached hydrogens (tertiary/aromatic N) is 2. The molecule has 0 atom stereocenters. The number of aryl methyl sites for hydroxylation is 1. The summed E-state index contributed by atoms with van der Waals surface area (Å²) in [6, 6.07) is 9.60. The Morgan fingerprint density at radius 3 is 2.50 bits per heavy atom. The van der Waals surface area contributed by atoms with E-state index in [0.717, 1.165) is 25.0 Å². The van der Waals surface area contributed by atoms with Crippen molar-refractivity contribution in [2.24, 2.45) is 13.0 Å². The SMILES string of the molecule is Cn1c(COC(=O)c2ccc(NC(=O)C3CC3)cc2)nc2cc(C(F)(F)F)ccc21. The lowest BCUT2D eigenvalue weighted by Gasteiger charge is -2.07. The van der Waals surface area contributed by atoms with Gasteiger partial charge < -0.3 is 14.6 Å². The predicted molar refractivity (Wildman–Crippen MR) is 103 cm³/mol. The molecule has 1 aliphatic rings. The second-order valence-electron chi connectivity index (χ2n) is 7.21. The third-order valence-electron chi connectivity index (χ3n) is 4.97. The number of nitrogens with one attached hydrogen (secondary N) is 1. The molecule has 0 radical (unpaired) electrons. The molecule has 2 aromatic carbocycles. The number of imidazole rings is 1. The van der Waals surface area contributed by atoms with Crippen LogP contribution in [-0.2, 0) is 29.4 Å². The molecule has 1 N–H and O–H groups in total. The van der Waals surface area contributed by atoms with Gasteiger partial charge in [0.15, 0.2) is 0 Å². The Morgan fingerprint density at radius 2 is 1.87 bits per heavy atom. The minimum atomic E-state index is -4.46. The molecule has 3 aromatic rings. The van der Waals surface area contributed by atoms with Crippen molar-refractivity contribution in [3.8, 4) is 0 Å². The molecular weight excluding hydrogens is 399 g/mol. The number of hydrogen-bond acceptors (Lipinski definition) is 4. The third kappa shape index (κ3) is 4.14. The van der Waals surface area contributed by atoms with Gasteiger partial charge in [0.2, 0.25) is 5.91 Å². The zero-order valence-electron chi connectivity index (χ0n) is 16.0. The number of hydrogen-bond donors (Lipinski definition) is 1. The first-order chi connectivity index (χ1) is 14.2. The zero-order chi connectivity index (χ0) is 21.5. The van der Waals surface area contributed by atoms with Crippen LogP contribution in [0, 0.1) is 5.92 Å². The first-order valence-electron chi connectivity index (χ1n) is 9.33. The second kappa shape index (κ2) is 7.47. The lowest BCUT2D eigenvalue weighted by molar-refractivity contribution is -0.137. The lowest BCUT2D eigenvalue weighted by Crippen LogP contribution is -2.13. The number of carbonyl (C=O) groups is 2. The van der Waals surface area contributed by atoms with Gasteiger partial charge in [0, 0.05) is 18.7 Å². The van der Waals surface area contributed by atoms with Gasteiger partial charge in [0.1, 0.15) is 12.4 Å². The van der Waals surface area contributed by atoms with Crippen molar-refractivity contribution in [2.45, 2.75) is 25.6 Å². The number of benzene rings is 2. The molecule has 9 heteroatoms. The van der Waals surface area contributed by atoms with E-state index in [1.807, 2.05) is 0 Å². The maximum atomic E-state index is 12.9. The molecule has 30 heavy (non-hydrogen) atoms. The molecule has 0 unspecified atom stereocenters. The average molecular weight is 417 g/mol. The number of ether oxygens (including phenoxy) is 1. The Hall–Kier alpha value is -3.36. The Bertz CT molecular complexity index is 1120. The van der Waals surface area contributed by atoms with Crippen molar-refractivity contribution in [3.05, 3.63) is 59.4 Å². The lowest BCUT2D eigenvalue weighted by atomic mass is 10.2. The average Bonchev–Trinajstić information content (AvgIpc) is 3.51. The van der Waals surface area contributed by atoms with Crippen LogP contribution in [0.4, 0.5) is 18.9 Å². The van der Waals surface area contributed by atoms with Gasteiger partial charge in [0.05, 0.1) is 22.2 Å². The number of esters is 1. The van der Waals surface area contributed by atoms with Crippen LogP contribution in [0.15, 0.2) is 42.5 Å². The quantitative estimate of drug-likeness (QED) is 0.629. The smallest absolute Gasteiger partial charge is 0.416 e. The summed E-state index contributed by atoms with van der Waals surface area (Å²) in [7, 11) is 1.64. The van der Waals surface area contributed by atoms with Crippen LogP contribution >= 0.6 is 0 Å². The van der Waals surface area contributed by atoms with Crippen molar-refractivity contribution in [2.75, 3.05) is 5.32 Å². The van der Waals surface area contributed by atoms with E-state index in [2.05, 4.69) is 10.3 Å². The van der Waals surface area contributed by atoms with Gasteiger partial charge in [-0.25, -0.2) is 9.78 Å². The standard InChI is InChI=1S/C21H18F3N3O3/c1-27-17-9-6-14(21(22,23)24)10-16(17)26-18(27)11-30-20(29)13-4-7-15(8-5-13)25-19(28)12-2-3-12/h4-10,12H,2-3,11H2,1H3,(H,25,28). The predicted octanol–water partition coefficient (Wildman–Crippen LogP) is 4.30. The zero-order valence-corrected chi connectivity index (χ0v) is 16.0. The van der Waals surface area contributed by atoms with Crippen LogP contribution in [0.5, 0.6) is 0 Å². The highest BCUT2D eigenvalue weighted by atomic mass is 19.4. The number of anilines is 1. The summed E-state index contributed by atoms with van der Waals surface area (Å²) in [5, 5.41) is 2.78. The second-order valence-corrected chi connectivity index (χ2v) is 7.21. The van der Waals surface area contributed by atoms with Crippen LogP contribution in [0.3, 0.4) is 0 Å². The topological polar surface area (TPSA) is 73.2 Å². The van der Waals surface area contributed by atoms with Gasteiger partial charge >= 0.3 is 12.1 Å². The first-order valence-corrected chi connectivity index (χ1v) is 9.33. The van der Waals surface area contributed by atoms with Crippen LogP contribution < -0.4 is 5.32 Å². The number of alkyl halides is 3. The van der Waals surface area contributed by atoms with Crippen molar-refractivity contribution in [1.82, 2.24) is 9.55 Å². The van der Waals surface area contributed by atoms with Gasteiger partial charge in [-0.2, -0.15) is 13.2 Å². The van der Waals surface area contributed by atoms with Crippen LogP contribution in [0.2, 0.25) is 0 Å². The van der Waals surface area contributed by atoms with Crippen molar-refractivity contribution in [3.63, 3.8) is 0 Å². The van der Waals surface area contributed by atoms with Crippen LogP contribution in [0.25, 0.3) is 11.0 Å². The maximum Gasteiger partial charge on any atom is 0.416 e. The van der Waals surface area contributed by atoms with Gasteiger partial charge in [-0.05, 0) is 55.3 Å². The number of halogens is 3. The van der Waals surface area contributed by atoms with E-state index in [4.69, 9.17) is 4.74 Å². The largest absolute Gasteiger partial charge is 0.454 e. The fourth-order valence-electron chi connectivity index (χ4n) is 3.05. The Balaban J connectivity index is 1.42. The van der Waals surface area contributed by atoms with Crippen molar-refractivity contribution in [1.29, 1.82) is 0 Å². The Labute approximate surface area is 169 Å². The van der Waals surface area contributed by atoms with E-state index < -0.39 is 17.7 Å². The molecule has 0 spiro atoms. The van der Waals surface area contributed by atoms with Gasteiger partial charge in [-0.3, -0.25) is 4.79 Å². The number of carbonyl (C=O) groups excluding carboxylic acids is 2. The molecule has 1 aromatic heterocycles. The molecule has 1 heterocycles. The highest BCUT2D eigenvalue weighted by Gasteiger charge is 2.31. The molecule has 1 amide bonds. The molecular formula is C21H18F3N3O3. The number of aromatic nitrogens is 2. The first kappa shape index (κ1) is 19.9. The van der Waals surface area contributed by atoms with E-state index in [1.165, 1.54) is 18.2 Å². The van der Waals surface area contributed by atoms with Crippen molar-refractivity contribution >= 4 is 28.6 Å². The Morgan fingerprint density at radius 1 is 1.17 bits per heavy atom. The van der Waals surface area contributed by atoms with Gasteiger partial charge in [-0.15, -0.1) is 0 Å².